The van der Waals surface area contributed by atoms with Crippen molar-refractivity contribution in [2.24, 2.45) is 0 Å². The number of piperidine rings is 1. The van der Waals surface area contributed by atoms with Crippen molar-refractivity contribution in [1.29, 1.82) is 0 Å². The number of rotatable bonds is 6. The summed E-state index contributed by atoms with van der Waals surface area (Å²) in [6.07, 6.45) is 4.15. The molecule has 1 heterocycles. The van der Waals surface area contributed by atoms with Gasteiger partial charge in [0.05, 0.1) is 22.6 Å². The first-order valence-electron chi connectivity index (χ1n) is 8.03. The van der Waals surface area contributed by atoms with Gasteiger partial charge < -0.3 is 10.2 Å². The molecular weight excluding hydrogens is 335 g/mol. The number of hydrogen-bond acceptors (Lipinski definition) is 2. The summed E-state index contributed by atoms with van der Waals surface area (Å²) in [5, 5.41) is 3.99. The van der Waals surface area contributed by atoms with Gasteiger partial charge in [0, 0.05) is 13.0 Å². The van der Waals surface area contributed by atoms with Gasteiger partial charge in [-0.2, -0.15) is 0 Å². The normalized spacial score (nSPS) is 16.3. The Labute approximate surface area is 147 Å². The Morgan fingerprint density at radius 3 is 2.74 bits per heavy atom. The quantitative estimate of drug-likeness (QED) is 0.838. The highest BCUT2D eigenvalue weighted by atomic mass is 35.5. The molecule has 1 aliphatic heterocycles. The molecule has 1 fully saturated rings. The Balaban J connectivity index is 2.01. The van der Waals surface area contributed by atoms with E-state index < -0.39 is 0 Å². The summed E-state index contributed by atoms with van der Waals surface area (Å²) < 4.78 is 0. The van der Waals surface area contributed by atoms with Gasteiger partial charge in [-0.3, -0.25) is 9.59 Å². The summed E-state index contributed by atoms with van der Waals surface area (Å²) in [6.45, 7) is 2.85. The number of carbonyl (C=O) groups excluding carboxylic acids is 2. The van der Waals surface area contributed by atoms with Crippen LogP contribution < -0.4 is 5.32 Å². The van der Waals surface area contributed by atoms with Gasteiger partial charge in [0.1, 0.15) is 0 Å². The minimum atomic E-state index is -0.134. The van der Waals surface area contributed by atoms with Crippen LogP contribution in [0, 0.1) is 0 Å². The van der Waals surface area contributed by atoms with Crippen molar-refractivity contribution in [2.45, 2.75) is 45.1 Å². The van der Waals surface area contributed by atoms with E-state index in [-0.39, 0.29) is 24.4 Å². The molecule has 1 aromatic rings. The topological polar surface area (TPSA) is 49.4 Å². The molecule has 2 amide bonds. The van der Waals surface area contributed by atoms with Gasteiger partial charge in [-0.15, -0.1) is 0 Å². The van der Waals surface area contributed by atoms with E-state index in [0.717, 1.165) is 31.2 Å². The third kappa shape index (κ3) is 5.11. The molecule has 1 unspecified atom stereocenters. The lowest BCUT2D eigenvalue weighted by molar-refractivity contribution is -0.138. The number of nitrogens with zero attached hydrogens (tertiary/aromatic N) is 1. The zero-order chi connectivity index (χ0) is 16.8. The summed E-state index contributed by atoms with van der Waals surface area (Å²) in [5.74, 6) is -0.0715. The molecule has 1 aromatic carbocycles. The molecule has 4 nitrogen and oxygen atoms in total. The molecule has 126 valence electrons. The van der Waals surface area contributed by atoms with Crippen molar-refractivity contribution in [1.82, 2.24) is 10.2 Å². The molecule has 1 atom stereocenters. The van der Waals surface area contributed by atoms with Gasteiger partial charge in [0.2, 0.25) is 11.8 Å². The zero-order valence-electron chi connectivity index (χ0n) is 13.3. The lowest BCUT2D eigenvalue weighted by Crippen LogP contribution is -2.43. The number of carbonyl (C=O) groups is 2. The van der Waals surface area contributed by atoms with Gasteiger partial charge in [0.15, 0.2) is 0 Å². The minimum absolute atomic E-state index is 0.0629. The fourth-order valence-corrected chi connectivity index (χ4v) is 3.09. The molecule has 0 aliphatic carbocycles. The lowest BCUT2D eigenvalue weighted by atomic mass is 10.0. The third-order valence-electron chi connectivity index (χ3n) is 4.01. The number of likely N-dealkylation sites (tertiary alicyclic amines) is 1. The van der Waals surface area contributed by atoms with E-state index >= 15 is 0 Å². The molecule has 0 saturated carbocycles. The first kappa shape index (κ1) is 18.1. The van der Waals surface area contributed by atoms with E-state index in [4.69, 9.17) is 23.2 Å². The summed E-state index contributed by atoms with van der Waals surface area (Å²) in [7, 11) is 0. The van der Waals surface area contributed by atoms with Crippen LogP contribution in [0.5, 0.6) is 0 Å². The van der Waals surface area contributed by atoms with Crippen LogP contribution in [-0.4, -0.2) is 29.8 Å². The Kier molecular flexibility index (Phi) is 6.72. The molecule has 0 spiro atoms. The van der Waals surface area contributed by atoms with E-state index in [1.54, 1.807) is 17.0 Å². The SMILES string of the molecule is CCCC(NC(=O)CN1CCCCC1=O)c1ccc(Cl)c(Cl)c1. The molecule has 0 radical (unpaired) electrons. The Bertz CT molecular complexity index is 578. The van der Waals surface area contributed by atoms with Crippen molar-refractivity contribution in [2.75, 3.05) is 13.1 Å². The molecule has 1 N–H and O–H groups in total. The maximum absolute atomic E-state index is 12.3. The van der Waals surface area contributed by atoms with Gasteiger partial charge >= 0.3 is 0 Å². The fraction of sp³-hybridized carbons (Fsp3) is 0.529. The van der Waals surface area contributed by atoms with E-state index in [0.29, 0.717) is 23.0 Å². The van der Waals surface area contributed by atoms with E-state index in [9.17, 15) is 9.59 Å². The number of hydrogen-bond donors (Lipinski definition) is 1. The predicted molar refractivity (Wildman–Crippen MR) is 92.7 cm³/mol. The van der Waals surface area contributed by atoms with Gasteiger partial charge in [-0.25, -0.2) is 0 Å². The van der Waals surface area contributed by atoms with E-state index in [1.807, 2.05) is 6.07 Å². The molecule has 0 aromatic heterocycles. The maximum atomic E-state index is 12.3. The van der Waals surface area contributed by atoms with Gasteiger partial charge in [-0.05, 0) is 37.0 Å². The highest BCUT2D eigenvalue weighted by Crippen LogP contribution is 2.27. The van der Waals surface area contributed by atoms with Crippen LogP contribution in [0.25, 0.3) is 0 Å². The highest BCUT2D eigenvalue weighted by molar-refractivity contribution is 6.42. The lowest BCUT2D eigenvalue weighted by Gasteiger charge is -2.27. The summed E-state index contributed by atoms with van der Waals surface area (Å²) in [5.41, 5.74) is 0.930. The average Bonchev–Trinajstić information content (AvgIpc) is 2.52. The molecule has 1 saturated heterocycles. The highest BCUT2D eigenvalue weighted by Gasteiger charge is 2.22. The summed E-state index contributed by atoms with van der Waals surface area (Å²) in [6, 6.07) is 5.28. The smallest absolute Gasteiger partial charge is 0.240 e. The fourth-order valence-electron chi connectivity index (χ4n) is 2.78. The van der Waals surface area contributed by atoms with Crippen LogP contribution in [0.2, 0.25) is 10.0 Å². The second kappa shape index (κ2) is 8.55. The zero-order valence-corrected chi connectivity index (χ0v) is 14.8. The van der Waals surface area contributed by atoms with Crippen LogP contribution in [0.4, 0.5) is 0 Å². The monoisotopic (exact) mass is 356 g/mol. The van der Waals surface area contributed by atoms with Crippen LogP contribution in [0.1, 0.15) is 50.6 Å². The first-order valence-corrected chi connectivity index (χ1v) is 8.79. The standard InChI is InChI=1S/C17H22Cl2N2O2/c1-2-5-15(12-7-8-13(18)14(19)10-12)20-16(22)11-21-9-4-3-6-17(21)23/h7-8,10,15H,2-6,9,11H2,1H3,(H,20,22). The van der Waals surface area contributed by atoms with Crippen LogP contribution in [0.3, 0.4) is 0 Å². The maximum Gasteiger partial charge on any atom is 0.240 e. The van der Waals surface area contributed by atoms with Crippen molar-refractivity contribution < 1.29 is 9.59 Å². The summed E-state index contributed by atoms with van der Waals surface area (Å²) in [4.78, 5) is 25.7. The molecule has 2 rings (SSSR count). The van der Waals surface area contributed by atoms with E-state index in [2.05, 4.69) is 12.2 Å². The summed E-state index contributed by atoms with van der Waals surface area (Å²) >= 11 is 12.0. The van der Waals surface area contributed by atoms with Crippen molar-refractivity contribution in [3.8, 4) is 0 Å². The number of nitrogens with one attached hydrogen (secondary N) is 1. The Hall–Kier alpha value is -1.26. The van der Waals surface area contributed by atoms with Crippen molar-refractivity contribution in [3.63, 3.8) is 0 Å². The van der Waals surface area contributed by atoms with Gasteiger partial charge in [-0.1, -0.05) is 42.6 Å². The predicted octanol–water partition coefficient (Wildman–Crippen LogP) is 3.96. The second-order valence-electron chi connectivity index (χ2n) is 5.85. The first-order chi connectivity index (χ1) is 11.0. The van der Waals surface area contributed by atoms with Crippen molar-refractivity contribution in [3.05, 3.63) is 33.8 Å². The molecule has 1 aliphatic rings. The molecule has 6 heteroatoms. The largest absolute Gasteiger partial charge is 0.348 e. The number of amides is 2. The average molecular weight is 357 g/mol. The third-order valence-corrected chi connectivity index (χ3v) is 4.75. The Morgan fingerprint density at radius 2 is 2.09 bits per heavy atom. The second-order valence-corrected chi connectivity index (χ2v) is 6.67. The number of halogens is 2. The van der Waals surface area contributed by atoms with Crippen LogP contribution in [-0.2, 0) is 9.59 Å². The van der Waals surface area contributed by atoms with Crippen molar-refractivity contribution >= 4 is 35.0 Å². The molecule has 0 bridgehead atoms. The van der Waals surface area contributed by atoms with Gasteiger partial charge in [0.25, 0.3) is 0 Å². The Morgan fingerprint density at radius 1 is 1.30 bits per heavy atom. The van der Waals surface area contributed by atoms with Crippen LogP contribution in [0.15, 0.2) is 18.2 Å². The number of benzene rings is 1. The molecular formula is C17H22Cl2N2O2. The van der Waals surface area contributed by atoms with Crippen LogP contribution >= 0.6 is 23.2 Å². The molecule has 23 heavy (non-hydrogen) atoms. The van der Waals surface area contributed by atoms with E-state index in [1.165, 1.54) is 0 Å². The minimum Gasteiger partial charge on any atom is -0.348 e.